The number of hydrogen-bond donors (Lipinski definition) is 5. The minimum absolute atomic E-state index is 0.0179. The van der Waals surface area contributed by atoms with Crippen LogP contribution in [0.5, 0.6) is 17.2 Å². The quantitative estimate of drug-likeness (QED) is 0.188. The van der Waals surface area contributed by atoms with Gasteiger partial charge in [0.15, 0.2) is 23.6 Å². The van der Waals surface area contributed by atoms with Gasteiger partial charge in [0.05, 0.1) is 11.0 Å². The number of nitrogens with two attached hydrogens (primary N) is 1. The van der Waals surface area contributed by atoms with Crippen molar-refractivity contribution in [2.45, 2.75) is 64.3 Å². The molecule has 13 heteroatoms. The molecule has 1 saturated heterocycles. The Kier molecular flexibility index (Phi) is 8.99. The number of methoxy groups -OCH3 is 1. The van der Waals surface area contributed by atoms with Gasteiger partial charge in [-0.05, 0) is 70.0 Å². The number of nitrogens with one attached hydrogen (secondary N) is 1. The van der Waals surface area contributed by atoms with Crippen LogP contribution < -0.4 is 21.4 Å². The second-order valence-electron chi connectivity index (χ2n) is 10.8. The number of primary amides is 1. The summed E-state index contributed by atoms with van der Waals surface area (Å²) in [6, 6.07) is 8.33. The average Bonchev–Trinajstić information content (AvgIpc) is 2.92. The summed E-state index contributed by atoms with van der Waals surface area (Å²) in [5, 5.41) is 34.3. The van der Waals surface area contributed by atoms with E-state index in [1.807, 2.05) is 19.9 Å². The van der Waals surface area contributed by atoms with E-state index in [0.29, 0.717) is 12.0 Å². The molecule has 2 unspecified atom stereocenters. The van der Waals surface area contributed by atoms with Crippen molar-refractivity contribution in [1.29, 1.82) is 0 Å². The number of fused-ring (bicyclic) bond motifs is 1. The summed E-state index contributed by atoms with van der Waals surface area (Å²) in [5.74, 6) is -1.14. The highest BCUT2D eigenvalue weighted by atomic mass is 16.7. The van der Waals surface area contributed by atoms with E-state index in [2.05, 4.69) is 5.32 Å². The molecule has 1 aliphatic rings. The molecule has 0 aliphatic carbocycles. The highest BCUT2D eigenvalue weighted by Crippen LogP contribution is 2.36. The second kappa shape index (κ2) is 12.3. The van der Waals surface area contributed by atoms with Crippen LogP contribution in [0.1, 0.15) is 43.6 Å². The Morgan fingerprint density at radius 3 is 2.51 bits per heavy atom. The van der Waals surface area contributed by atoms with E-state index >= 15 is 0 Å². The molecular formula is C30H34N2O11. The van der Waals surface area contributed by atoms with Crippen molar-refractivity contribution in [3.63, 3.8) is 0 Å². The zero-order valence-electron chi connectivity index (χ0n) is 24.2. The number of rotatable bonds is 8. The molecular weight excluding hydrogens is 564 g/mol. The Hall–Kier alpha value is -4.59. The molecule has 6 N–H and O–H groups in total. The fourth-order valence-electron chi connectivity index (χ4n) is 4.82. The van der Waals surface area contributed by atoms with Gasteiger partial charge in [-0.25, -0.2) is 9.59 Å². The van der Waals surface area contributed by atoms with Gasteiger partial charge in [0.2, 0.25) is 6.29 Å². The average molecular weight is 599 g/mol. The maximum absolute atomic E-state index is 12.9. The summed E-state index contributed by atoms with van der Waals surface area (Å²) in [6.07, 6.45) is -3.79. The number of aliphatic hydroxyl groups excluding tert-OH is 1. The number of benzene rings is 2. The van der Waals surface area contributed by atoms with Gasteiger partial charge < -0.3 is 49.7 Å². The van der Waals surface area contributed by atoms with E-state index in [1.165, 1.54) is 43.5 Å². The Labute approximate surface area is 246 Å². The minimum Gasteiger partial charge on any atom is -0.508 e. The van der Waals surface area contributed by atoms with Crippen LogP contribution in [0.15, 0.2) is 57.3 Å². The van der Waals surface area contributed by atoms with Gasteiger partial charge >= 0.3 is 11.7 Å². The standard InChI is InChI=1S/C30H34N2O11/c1-14(2)6-7-15-12-16(8-11-19(15)33)26(36)32-21-22(34)18-10-9-17(13-20(18)41-27(21)37)40-28-23(35)24(42-29(31)38)25(39-5)30(3,4)43-28/h6,8-13,23-25,28,33-35H,7H2,1-5H3,(H2,31,38)(H,32,36)/t23?,24?,25-,28-/m1/s1. The summed E-state index contributed by atoms with van der Waals surface area (Å²) in [4.78, 5) is 37.2. The van der Waals surface area contributed by atoms with Crippen molar-refractivity contribution in [3.05, 3.63) is 69.6 Å². The number of phenolic OH excluding ortho intramolecular Hbond substituents is 1. The molecule has 3 aromatic rings. The Bertz CT molecular complexity index is 1620. The third-order valence-corrected chi connectivity index (χ3v) is 6.94. The summed E-state index contributed by atoms with van der Waals surface area (Å²) >= 11 is 0. The topological polar surface area (TPSA) is 200 Å². The fraction of sp³-hybridized carbons (Fsp3) is 0.367. The van der Waals surface area contributed by atoms with Gasteiger partial charge in [-0.3, -0.25) is 4.79 Å². The maximum atomic E-state index is 12.9. The predicted molar refractivity (Wildman–Crippen MR) is 154 cm³/mol. The molecule has 2 amide bonds. The number of amides is 2. The van der Waals surface area contributed by atoms with E-state index in [0.717, 1.165) is 5.57 Å². The van der Waals surface area contributed by atoms with E-state index in [-0.39, 0.29) is 28.0 Å². The Morgan fingerprint density at radius 1 is 1.14 bits per heavy atom. The number of allylic oxidation sites excluding steroid dienone is 2. The SMILES string of the molecule is CO[C@@H]1C(OC(N)=O)C(O)[C@H](Oc2ccc3c(O)c(NC(=O)c4ccc(O)c(CC=C(C)C)c4)c(=O)oc3c2)OC1(C)C. The van der Waals surface area contributed by atoms with Crippen LogP contribution in [0.2, 0.25) is 0 Å². The molecule has 1 aromatic heterocycles. The van der Waals surface area contributed by atoms with Crippen molar-refractivity contribution in [1.82, 2.24) is 0 Å². The van der Waals surface area contributed by atoms with Crippen LogP contribution in [0.3, 0.4) is 0 Å². The largest absolute Gasteiger partial charge is 0.508 e. The van der Waals surface area contributed by atoms with Gasteiger partial charge in [0.25, 0.3) is 5.91 Å². The molecule has 0 saturated carbocycles. The van der Waals surface area contributed by atoms with E-state index in [9.17, 15) is 29.7 Å². The highest BCUT2D eigenvalue weighted by Gasteiger charge is 2.53. The third kappa shape index (κ3) is 6.74. The molecule has 43 heavy (non-hydrogen) atoms. The molecule has 0 radical (unpaired) electrons. The number of carbonyl (C=O) groups is 2. The molecule has 13 nitrogen and oxygen atoms in total. The van der Waals surface area contributed by atoms with Crippen molar-refractivity contribution in [2.75, 3.05) is 12.4 Å². The first-order valence-corrected chi connectivity index (χ1v) is 13.3. The van der Waals surface area contributed by atoms with Crippen molar-refractivity contribution in [3.8, 4) is 17.2 Å². The summed E-state index contributed by atoms with van der Waals surface area (Å²) in [6.45, 7) is 7.12. The van der Waals surface area contributed by atoms with Crippen LogP contribution in [-0.2, 0) is 20.6 Å². The molecule has 2 aromatic carbocycles. The fourth-order valence-corrected chi connectivity index (χ4v) is 4.82. The normalized spacial score (nSPS) is 21.2. The number of aliphatic hydroxyl groups is 1. The number of anilines is 1. The molecule has 0 spiro atoms. The molecule has 4 atom stereocenters. The lowest BCUT2D eigenvalue weighted by molar-refractivity contribution is -0.304. The summed E-state index contributed by atoms with van der Waals surface area (Å²) in [5.41, 5.74) is 4.19. The lowest BCUT2D eigenvalue weighted by Gasteiger charge is -2.47. The molecule has 4 rings (SSSR count). The minimum atomic E-state index is -1.51. The van der Waals surface area contributed by atoms with E-state index in [4.69, 9.17) is 29.1 Å². The van der Waals surface area contributed by atoms with Crippen LogP contribution in [0.4, 0.5) is 10.5 Å². The van der Waals surface area contributed by atoms with Crippen molar-refractivity contribution < 1.29 is 48.3 Å². The van der Waals surface area contributed by atoms with Crippen LogP contribution in [0.25, 0.3) is 11.0 Å². The van der Waals surface area contributed by atoms with Gasteiger partial charge in [-0.2, -0.15) is 0 Å². The smallest absolute Gasteiger partial charge is 0.404 e. The Balaban J connectivity index is 1.58. The molecule has 1 fully saturated rings. The highest BCUT2D eigenvalue weighted by molar-refractivity contribution is 6.06. The number of phenols is 1. The lowest BCUT2D eigenvalue weighted by Crippen LogP contribution is -2.65. The Morgan fingerprint density at radius 2 is 1.86 bits per heavy atom. The zero-order valence-corrected chi connectivity index (χ0v) is 24.2. The zero-order chi connectivity index (χ0) is 31.6. The van der Waals surface area contributed by atoms with Crippen LogP contribution in [-0.4, -0.2) is 64.6 Å². The monoisotopic (exact) mass is 598 g/mol. The van der Waals surface area contributed by atoms with Gasteiger partial charge in [0.1, 0.15) is 23.2 Å². The van der Waals surface area contributed by atoms with Gasteiger partial charge in [-0.1, -0.05) is 11.6 Å². The molecule has 1 aliphatic heterocycles. The molecule has 2 heterocycles. The van der Waals surface area contributed by atoms with E-state index in [1.54, 1.807) is 13.8 Å². The van der Waals surface area contributed by atoms with Gasteiger partial charge in [0, 0.05) is 18.7 Å². The number of ether oxygens (including phenoxy) is 4. The number of aromatic hydroxyl groups is 2. The van der Waals surface area contributed by atoms with Crippen molar-refractivity contribution in [2.24, 2.45) is 5.73 Å². The van der Waals surface area contributed by atoms with Crippen LogP contribution >= 0.6 is 0 Å². The summed E-state index contributed by atoms with van der Waals surface area (Å²) < 4.78 is 27.5. The maximum Gasteiger partial charge on any atom is 0.404 e. The first-order valence-electron chi connectivity index (χ1n) is 13.3. The van der Waals surface area contributed by atoms with Crippen LogP contribution in [0, 0.1) is 0 Å². The molecule has 230 valence electrons. The summed E-state index contributed by atoms with van der Waals surface area (Å²) in [7, 11) is 1.36. The van der Waals surface area contributed by atoms with E-state index < -0.39 is 59.3 Å². The second-order valence-corrected chi connectivity index (χ2v) is 10.8. The number of hydrogen-bond acceptors (Lipinski definition) is 11. The number of carbonyl (C=O) groups excluding carboxylic acids is 2. The predicted octanol–water partition coefficient (Wildman–Crippen LogP) is 3.32. The lowest BCUT2D eigenvalue weighted by atomic mass is 9.89. The first kappa shape index (κ1) is 31.3. The van der Waals surface area contributed by atoms with Gasteiger partial charge in [-0.15, -0.1) is 0 Å². The van der Waals surface area contributed by atoms with Crippen molar-refractivity contribution >= 4 is 28.7 Å². The molecule has 0 bridgehead atoms. The third-order valence-electron chi connectivity index (χ3n) is 6.94. The first-order chi connectivity index (χ1) is 20.2.